The van der Waals surface area contributed by atoms with E-state index in [1.165, 1.54) is 31.4 Å². The molecular formula is C20H27N3OS. The van der Waals surface area contributed by atoms with Gasteiger partial charge in [-0.2, -0.15) is 0 Å². The van der Waals surface area contributed by atoms with E-state index in [1.807, 2.05) is 12.1 Å². The van der Waals surface area contributed by atoms with Gasteiger partial charge in [0.2, 0.25) is 0 Å². The van der Waals surface area contributed by atoms with Crippen molar-refractivity contribution in [3.05, 3.63) is 29.8 Å². The number of hydrogen-bond donors (Lipinski definition) is 1. The molecule has 1 heterocycles. The highest BCUT2D eigenvalue weighted by Crippen LogP contribution is 2.44. The van der Waals surface area contributed by atoms with Crippen molar-refractivity contribution in [1.82, 2.24) is 10.2 Å². The Labute approximate surface area is 155 Å². The Morgan fingerprint density at radius 2 is 1.80 bits per heavy atom. The SMILES string of the molecule is CC(=O)c1ccc(N2CCN(C(=S)NC3CC4CCC3C4)CC2)cc1. The Hall–Kier alpha value is -1.62. The molecule has 0 aromatic heterocycles. The van der Waals surface area contributed by atoms with Gasteiger partial charge in [0.1, 0.15) is 0 Å². The highest BCUT2D eigenvalue weighted by Gasteiger charge is 2.40. The molecule has 1 aliphatic heterocycles. The van der Waals surface area contributed by atoms with E-state index in [0.717, 1.165) is 48.7 Å². The Bertz CT molecular complexity index is 651. The van der Waals surface area contributed by atoms with Crippen molar-refractivity contribution in [2.45, 2.75) is 38.6 Å². The lowest BCUT2D eigenvalue weighted by molar-refractivity contribution is 0.101. The van der Waals surface area contributed by atoms with Gasteiger partial charge in [-0.1, -0.05) is 6.42 Å². The molecular weight excluding hydrogens is 330 g/mol. The molecule has 25 heavy (non-hydrogen) atoms. The zero-order valence-corrected chi connectivity index (χ0v) is 15.7. The van der Waals surface area contributed by atoms with E-state index in [9.17, 15) is 4.79 Å². The number of hydrogen-bond acceptors (Lipinski definition) is 3. The Kier molecular flexibility index (Phi) is 4.67. The molecule has 3 unspecified atom stereocenters. The minimum atomic E-state index is 0.119. The van der Waals surface area contributed by atoms with Gasteiger partial charge >= 0.3 is 0 Å². The lowest BCUT2D eigenvalue weighted by Gasteiger charge is -2.38. The average Bonchev–Trinajstić information content (AvgIpc) is 3.25. The second kappa shape index (κ2) is 6.94. The Morgan fingerprint density at radius 1 is 1.08 bits per heavy atom. The summed E-state index contributed by atoms with van der Waals surface area (Å²) in [7, 11) is 0. The highest BCUT2D eigenvalue weighted by atomic mass is 32.1. The van der Waals surface area contributed by atoms with E-state index < -0.39 is 0 Å². The van der Waals surface area contributed by atoms with E-state index in [2.05, 4.69) is 27.2 Å². The number of fused-ring (bicyclic) bond motifs is 2. The summed E-state index contributed by atoms with van der Waals surface area (Å²) in [5, 5.41) is 4.60. The summed E-state index contributed by atoms with van der Waals surface area (Å²) >= 11 is 5.69. The van der Waals surface area contributed by atoms with Crippen LogP contribution in [0, 0.1) is 11.8 Å². The highest BCUT2D eigenvalue weighted by molar-refractivity contribution is 7.80. The van der Waals surface area contributed by atoms with Gasteiger partial charge in [0.05, 0.1) is 0 Å². The normalized spacial score (nSPS) is 28.3. The fourth-order valence-corrected chi connectivity index (χ4v) is 5.08. The number of nitrogens with zero attached hydrogens (tertiary/aromatic N) is 2. The standard InChI is InChI=1S/C20H27N3OS/c1-14(24)16-4-6-18(7-5-16)22-8-10-23(11-9-22)20(25)21-19-13-15-2-3-17(19)12-15/h4-7,15,17,19H,2-3,8-13H2,1H3,(H,21,25). The number of Topliss-reactive ketones (excluding diaryl/α,β-unsaturated/α-hetero) is 1. The lowest BCUT2D eigenvalue weighted by atomic mass is 9.95. The molecule has 1 N–H and O–H groups in total. The van der Waals surface area contributed by atoms with Gasteiger partial charge in [-0.05, 0) is 74.5 Å². The van der Waals surface area contributed by atoms with E-state index in [-0.39, 0.29) is 5.78 Å². The maximum Gasteiger partial charge on any atom is 0.169 e. The van der Waals surface area contributed by atoms with Crippen molar-refractivity contribution in [2.24, 2.45) is 11.8 Å². The fourth-order valence-electron chi connectivity index (χ4n) is 4.75. The Balaban J connectivity index is 1.29. The first kappa shape index (κ1) is 16.8. The molecule has 3 aliphatic rings. The maximum atomic E-state index is 11.4. The third-order valence-corrected chi connectivity index (χ3v) is 6.63. The molecule has 2 aliphatic carbocycles. The molecule has 3 atom stereocenters. The number of nitrogens with one attached hydrogen (secondary N) is 1. The first-order valence-electron chi connectivity index (χ1n) is 9.51. The predicted octanol–water partition coefficient (Wildman–Crippen LogP) is 3.07. The monoisotopic (exact) mass is 357 g/mol. The number of benzene rings is 1. The molecule has 0 radical (unpaired) electrons. The topological polar surface area (TPSA) is 35.6 Å². The number of thiocarbonyl (C=S) groups is 1. The number of anilines is 1. The van der Waals surface area contributed by atoms with Gasteiger partial charge in [-0.25, -0.2) is 0 Å². The van der Waals surface area contributed by atoms with Crippen LogP contribution in [0.25, 0.3) is 0 Å². The predicted molar refractivity (Wildman–Crippen MR) is 105 cm³/mol. The lowest BCUT2D eigenvalue weighted by Crippen LogP contribution is -2.54. The smallest absolute Gasteiger partial charge is 0.169 e. The minimum absolute atomic E-state index is 0.119. The van der Waals surface area contributed by atoms with Gasteiger partial charge < -0.3 is 15.1 Å². The second-order valence-electron chi connectivity index (χ2n) is 7.81. The van der Waals surface area contributed by atoms with E-state index in [0.29, 0.717) is 6.04 Å². The van der Waals surface area contributed by atoms with Gasteiger partial charge in [-0.3, -0.25) is 4.79 Å². The molecule has 2 bridgehead atoms. The molecule has 1 aromatic carbocycles. The number of carbonyl (C=O) groups excluding carboxylic acids is 1. The van der Waals surface area contributed by atoms with Crippen molar-refractivity contribution < 1.29 is 4.79 Å². The van der Waals surface area contributed by atoms with Crippen LogP contribution in [-0.4, -0.2) is 48.0 Å². The summed E-state index contributed by atoms with van der Waals surface area (Å²) < 4.78 is 0. The van der Waals surface area contributed by atoms with Gasteiger partial charge in [0, 0.05) is 43.5 Å². The quantitative estimate of drug-likeness (QED) is 0.664. The van der Waals surface area contributed by atoms with Crippen LogP contribution in [0.4, 0.5) is 5.69 Å². The zero-order chi connectivity index (χ0) is 17.4. The molecule has 2 saturated carbocycles. The van der Waals surface area contributed by atoms with Gasteiger partial charge in [0.25, 0.3) is 0 Å². The minimum Gasteiger partial charge on any atom is -0.368 e. The summed E-state index contributed by atoms with van der Waals surface area (Å²) in [6.07, 6.45) is 5.53. The first-order chi connectivity index (χ1) is 12.1. The van der Waals surface area contributed by atoms with Crippen molar-refractivity contribution in [3.8, 4) is 0 Å². The number of piperazine rings is 1. The summed E-state index contributed by atoms with van der Waals surface area (Å²) in [6, 6.07) is 8.57. The molecule has 1 saturated heterocycles. The number of rotatable bonds is 3. The van der Waals surface area contributed by atoms with Crippen molar-refractivity contribution in [3.63, 3.8) is 0 Å². The van der Waals surface area contributed by atoms with Crippen LogP contribution < -0.4 is 10.2 Å². The molecule has 3 fully saturated rings. The van der Waals surface area contributed by atoms with E-state index in [1.54, 1.807) is 6.92 Å². The van der Waals surface area contributed by atoms with Crippen LogP contribution in [0.2, 0.25) is 0 Å². The second-order valence-corrected chi connectivity index (χ2v) is 8.19. The van der Waals surface area contributed by atoms with Gasteiger partial charge in [-0.15, -0.1) is 0 Å². The van der Waals surface area contributed by atoms with Gasteiger partial charge in [0.15, 0.2) is 10.9 Å². The zero-order valence-electron chi connectivity index (χ0n) is 14.9. The maximum absolute atomic E-state index is 11.4. The fraction of sp³-hybridized carbons (Fsp3) is 0.600. The molecule has 134 valence electrons. The number of carbonyl (C=O) groups is 1. The summed E-state index contributed by atoms with van der Waals surface area (Å²) in [5.74, 6) is 1.91. The van der Waals surface area contributed by atoms with Crippen molar-refractivity contribution >= 4 is 28.8 Å². The van der Waals surface area contributed by atoms with Crippen LogP contribution in [-0.2, 0) is 0 Å². The van der Waals surface area contributed by atoms with Crippen LogP contribution in [0.5, 0.6) is 0 Å². The van der Waals surface area contributed by atoms with Crippen LogP contribution >= 0.6 is 12.2 Å². The average molecular weight is 358 g/mol. The van der Waals surface area contributed by atoms with E-state index in [4.69, 9.17) is 12.2 Å². The molecule has 4 nitrogen and oxygen atoms in total. The van der Waals surface area contributed by atoms with Crippen molar-refractivity contribution in [2.75, 3.05) is 31.1 Å². The molecule has 4 rings (SSSR count). The molecule has 0 amide bonds. The molecule has 5 heteroatoms. The molecule has 0 spiro atoms. The third kappa shape index (κ3) is 3.52. The summed E-state index contributed by atoms with van der Waals surface area (Å²) in [5.41, 5.74) is 1.97. The van der Waals surface area contributed by atoms with Crippen molar-refractivity contribution in [1.29, 1.82) is 0 Å². The summed E-state index contributed by atoms with van der Waals surface area (Å²) in [6.45, 7) is 5.47. The largest absolute Gasteiger partial charge is 0.368 e. The first-order valence-corrected chi connectivity index (χ1v) is 9.92. The van der Waals surface area contributed by atoms with Crippen LogP contribution in [0.15, 0.2) is 24.3 Å². The van der Waals surface area contributed by atoms with E-state index >= 15 is 0 Å². The Morgan fingerprint density at radius 3 is 2.36 bits per heavy atom. The number of ketones is 1. The van der Waals surface area contributed by atoms with Crippen LogP contribution in [0.1, 0.15) is 43.0 Å². The molecule has 1 aromatic rings. The summed E-state index contributed by atoms with van der Waals surface area (Å²) in [4.78, 5) is 16.1. The van der Waals surface area contributed by atoms with Crippen LogP contribution in [0.3, 0.4) is 0 Å². The third-order valence-electron chi connectivity index (χ3n) is 6.25.